The molecule has 0 aliphatic rings. The second kappa shape index (κ2) is 10.1. The highest BCUT2D eigenvalue weighted by Crippen LogP contribution is 2.37. The Bertz CT molecular complexity index is 1770. The third-order valence-corrected chi connectivity index (χ3v) is 8.24. The summed E-state index contributed by atoms with van der Waals surface area (Å²) in [6, 6.07) is 8.83. The van der Waals surface area contributed by atoms with Gasteiger partial charge in [-0.25, -0.2) is 23.7 Å². The zero-order chi connectivity index (χ0) is 28.1. The standard InChI is InChI=1S/C28H26ClF2N6OP/c1-15-13-37(14-33-15)19-7-8-21(30)20(10-19)16(2)35-28-25(29)17(3)34-23-11-22(31)26(36-27(23)28)18-6-9-24(32-12-18)39(4,5)38/h6-14,16H,1-5H3,(H,34,35). The molecule has 200 valence electrons. The Balaban J connectivity index is 1.58. The number of pyridine rings is 3. The Hall–Kier alpha value is -3.68. The highest BCUT2D eigenvalue weighted by molar-refractivity contribution is 7.69. The number of aryl methyl sites for hydroxylation is 2. The van der Waals surface area contributed by atoms with Crippen LogP contribution in [0.4, 0.5) is 14.5 Å². The van der Waals surface area contributed by atoms with Gasteiger partial charge in [0, 0.05) is 35.3 Å². The van der Waals surface area contributed by atoms with Gasteiger partial charge < -0.3 is 14.4 Å². The molecule has 1 atom stereocenters. The van der Waals surface area contributed by atoms with Crippen LogP contribution >= 0.6 is 18.7 Å². The van der Waals surface area contributed by atoms with Crippen molar-refractivity contribution in [3.05, 3.63) is 88.7 Å². The fraction of sp³-hybridized carbons (Fsp3) is 0.214. The van der Waals surface area contributed by atoms with Crippen LogP contribution in [0.15, 0.2) is 55.1 Å². The summed E-state index contributed by atoms with van der Waals surface area (Å²) in [4.78, 5) is 17.5. The average molecular weight is 567 g/mol. The van der Waals surface area contributed by atoms with E-state index in [2.05, 4.69) is 25.3 Å². The Kier molecular flexibility index (Phi) is 6.99. The summed E-state index contributed by atoms with van der Waals surface area (Å²) in [6.07, 6.45) is 4.97. The molecule has 0 bridgehead atoms. The Morgan fingerprint density at radius 3 is 2.44 bits per heavy atom. The van der Waals surface area contributed by atoms with E-state index in [1.807, 2.05) is 17.7 Å². The molecule has 0 saturated carbocycles. The minimum atomic E-state index is -2.57. The number of hydrogen-bond donors (Lipinski definition) is 1. The molecule has 5 aromatic rings. The van der Waals surface area contributed by atoms with Crippen molar-refractivity contribution in [3.8, 4) is 16.9 Å². The van der Waals surface area contributed by atoms with Gasteiger partial charge in [-0.3, -0.25) is 4.98 Å². The molecule has 0 saturated heterocycles. The Morgan fingerprint density at radius 1 is 1.03 bits per heavy atom. The molecule has 0 spiro atoms. The van der Waals surface area contributed by atoms with E-state index in [1.54, 1.807) is 57.8 Å². The number of rotatable bonds is 6. The van der Waals surface area contributed by atoms with Gasteiger partial charge in [0.15, 0.2) is 5.82 Å². The first-order valence-corrected chi connectivity index (χ1v) is 15.2. The summed E-state index contributed by atoms with van der Waals surface area (Å²) in [5.41, 5.74) is 4.42. The maximum Gasteiger partial charge on any atom is 0.151 e. The van der Waals surface area contributed by atoms with Gasteiger partial charge in [0.2, 0.25) is 0 Å². The van der Waals surface area contributed by atoms with Gasteiger partial charge in [0.25, 0.3) is 0 Å². The van der Waals surface area contributed by atoms with Crippen LogP contribution in [0, 0.1) is 25.5 Å². The first-order valence-electron chi connectivity index (χ1n) is 12.2. The minimum Gasteiger partial charge on any atom is -0.375 e. The van der Waals surface area contributed by atoms with Crippen molar-refractivity contribution in [3.63, 3.8) is 0 Å². The summed E-state index contributed by atoms with van der Waals surface area (Å²) in [7, 11) is -2.57. The molecule has 0 amide bonds. The predicted molar refractivity (Wildman–Crippen MR) is 152 cm³/mol. The summed E-state index contributed by atoms with van der Waals surface area (Å²) in [6.45, 7) is 8.63. The van der Waals surface area contributed by atoms with E-state index in [0.717, 1.165) is 11.4 Å². The van der Waals surface area contributed by atoms with Crippen molar-refractivity contribution in [2.24, 2.45) is 0 Å². The van der Waals surface area contributed by atoms with Gasteiger partial charge in [-0.15, -0.1) is 0 Å². The van der Waals surface area contributed by atoms with E-state index in [0.29, 0.717) is 44.0 Å². The lowest BCUT2D eigenvalue weighted by molar-refractivity contribution is 0.587. The molecule has 5 rings (SSSR count). The fourth-order valence-corrected chi connectivity index (χ4v) is 5.28. The molecule has 4 aromatic heterocycles. The van der Waals surface area contributed by atoms with Gasteiger partial charge in [-0.2, -0.15) is 0 Å². The van der Waals surface area contributed by atoms with Gasteiger partial charge in [-0.1, -0.05) is 11.6 Å². The monoisotopic (exact) mass is 566 g/mol. The zero-order valence-electron chi connectivity index (χ0n) is 22.0. The van der Waals surface area contributed by atoms with Crippen molar-refractivity contribution in [2.45, 2.75) is 26.8 Å². The minimum absolute atomic E-state index is 0.0460. The van der Waals surface area contributed by atoms with Crippen molar-refractivity contribution in [1.29, 1.82) is 0 Å². The highest BCUT2D eigenvalue weighted by atomic mass is 35.5. The lowest BCUT2D eigenvalue weighted by atomic mass is 10.1. The quantitative estimate of drug-likeness (QED) is 0.226. The molecule has 1 unspecified atom stereocenters. The number of anilines is 1. The molecule has 1 N–H and O–H groups in total. The molecule has 11 heteroatoms. The molecule has 7 nitrogen and oxygen atoms in total. The van der Waals surface area contributed by atoms with Gasteiger partial charge in [0.1, 0.15) is 24.2 Å². The topological polar surface area (TPSA) is 85.6 Å². The van der Waals surface area contributed by atoms with Crippen LogP contribution in [0.2, 0.25) is 5.02 Å². The molecular formula is C28H26ClF2N6OP. The number of hydrogen-bond acceptors (Lipinski definition) is 6. The number of halogens is 3. The van der Waals surface area contributed by atoms with Gasteiger partial charge in [0.05, 0.1) is 45.4 Å². The third kappa shape index (κ3) is 5.29. The molecule has 4 heterocycles. The molecule has 0 radical (unpaired) electrons. The largest absolute Gasteiger partial charge is 0.375 e. The van der Waals surface area contributed by atoms with Gasteiger partial charge >= 0.3 is 0 Å². The van der Waals surface area contributed by atoms with E-state index < -0.39 is 24.8 Å². The normalized spacial score (nSPS) is 12.6. The molecule has 0 aliphatic carbocycles. The van der Waals surface area contributed by atoms with E-state index in [-0.39, 0.29) is 5.69 Å². The second-order valence-corrected chi connectivity index (χ2v) is 13.4. The maximum absolute atomic E-state index is 15.2. The van der Waals surface area contributed by atoms with Crippen LogP contribution < -0.4 is 10.8 Å². The van der Waals surface area contributed by atoms with Crippen LogP contribution in [0.3, 0.4) is 0 Å². The second-order valence-electron chi connectivity index (χ2n) is 9.82. The third-order valence-electron chi connectivity index (χ3n) is 6.41. The van der Waals surface area contributed by atoms with E-state index >= 15 is 4.39 Å². The van der Waals surface area contributed by atoms with Crippen LogP contribution in [-0.4, -0.2) is 37.8 Å². The summed E-state index contributed by atoms with van der Waals surface area (Å²) >= 11 is 6.67. The molecule has 0 fully saturated rings. The fourth-order valence-electron chi connectivity index (χ4n) is 4.32. The first-order chi connectivity index (χ1) is 18.4. The van der Waals surface area contributed by atoms with Crippen molar-refractivity contribution in [1.82, 2.24) is 24.5 Å². The number of benzene rings is 1. The molecule has 1 aromatic carbocycles. The Morgan fingerprint density at radius 2 is 1.79 bits per heavy atom. The first kappa shape index (κ1) is 26.9. The van der Waals surface area contributed by atoms with Crippen molar-refractivity contribution < 1.29 is 13.3 Å². The van der Waals surface area contributed by atoms with Gasteiger partial charge in [-0.05, 0) is 64.4 Å². The van der Waals surface area contributed by atoms with Crippen molar-refractivity contribution in [2.75, 3.05) is 18.6 Å². The number of aromatic nitrogens is 5. The van der Waals surface area contributed by atoms with Crippen LogP contribution in [0.5, 0.6) is 0 Å². The van der Waals surface area contributed by atoms with Crippen LogP contribution in [0.1, 0.15) is 29.9 Å². The number of nitrogens with one attached hydrogen (secondary N) is 1. The number of fused-ring (bicyclic) bond motifs is 1. The highest BCUT2D eigenvalue weighted by Gasteiger charge is 2.21. The summed E-state index contributed by atoms with van der Waals surface area (Å²) in [5.74, 6) is -0.979. The van der Waals surface area contributed by atoms with Crippen molar-refractivity contribution >= 4 is 40.9 Å². The molecule has 39 heavy (non-hydrogen) atoms. The maximum atomic E-state index is 15.2. The summed E-state index contributed by atoms with van der Waals surface area (Å²) < 4.78 is 44.4. The lowest BCUT2D eigenvalue weighted by Crippen LogP contribution is -2.12. The predicted octanol–water partition coefficient (Wildman–Crippen LogP) is 6.85. The molecule has 0 aliphatic heterocycles. The van der Waals surface area contributed by atoms with Crippen LogP contribution in [-0.2, 0) is 4.57 Å². The average Bonchev–Trinajstić information content (AvgIpc) is 3.32. The zero-order valence-corrected chi connectivity index (χ0v) is 23.6. The lowest BCUT2D eigenvalue weighted by Gasteiger charge is -2.20. The van der Waals surface area contributed by atoms with E-state index in [1.165, 1.54) is 18.3 Å². The van der Waals surface area contributed by atoms with E-state index in [4.69, 9.17) is 11.6 Å². The number of nitrogens with zero attached hydrogens (tertiary/aromatic N) is 5. The summed E-state index contributed by atoms with van der Waals surface area (Å²) in [5, 5.41) is 3.59. The van der Waals surface area contributed by atoms with Crippen LogP contribution in [0.25, 0.3) is 28.0 Å². The number of imidazole rings is 1. The Labute approximate surface area is 229 Å². The SMILES string of the molecule is Cc1cn(-c2ccc(F)c(C(C)Nc3c(Cl)c(C)nc4cc(F)c(-c5ccc(P(C)(C)=O)nc5)nc34)c2)cn1. The molecular weight excluding hydrogens is 541 g/mol. The van der Waals surface area contributed by atoms with E-state index in [9.17, 15) is 8.96 Å². The smallest absolute Gasteiger partial charge is 0.151 e.